The number of anilines is 3. The molecular weight excluding hydrogens is 593 g/mol. The third-order valence-corrected chi connectivity index (χ3v) is 10.7. The number of benzene rings is 7. The van der Waals surface area contributed by atoms with Crippen molar-refractivity contribution in [3.63, 3.8) is 0 Å². The second-order valence-electron chi connectivity index (χ2n) is 15.0. The maximum Gasteiger partial charge on any atom is 0.0561 e. The first-order chi connectivity index (χ1) is 23.8. The van der Waals surface area contributed by atoms with Crippen LogP contribution in [0.1, 0.15) is 45.2 Å². The fourth-order valence-electron chi connectivity index (χ4n) is 8.69. The van der Waals surface area contributed by atoms with Crippen molar-refractivity contribution in [1.29, 1.82) is 0 Å². The van der Waals surface area contributed by atoms with Crippen molar-refractivity contribution in [3.05, 3.63) is 169 Å². The van der Waals surface area contributed by atoms with E-state index >= 15 is 0 Å². The Bertz CT molecular complexity index is 2520. The van der Waals surface area contributed by atoms with E-state index in [9.17, 15) is 0 Å². The number of hydrogen-bond donors (Lipinski definition) is 0. The number of para-hydroxylation sites is 1. The molecule has 1 aliphatic rings. The summed E-state index contributed by atoms with van der Waals surface area (Å²) in [5.74, 6) is 0. The Labute approximate surface area is 288 Å². The van der Waals surface area contributed by atoms with Gasteiger partial charge < -0.3 is 9.47 Å². The lowest BCUT2D eigenvalue weighted by molar-refractivity contribution is 0.403. The summed E-state index contributed by atoms with van der Waals surface area (Å²) in [5, 5.41) is 5.00. The first-order valence-electron chi connectivity index (χ1n) is 17.4. The third-order valence-electron chi connectivity index (χ3n) is 10.7. The average Bonchev–Trinajstić information content (AvgIpc) is 3.55. The zero-order valence-corrected chi connectivity index (χ0v) is 28.6. The van der Waals surface area contributed by atoms with E-state index < -0.39 is 0 Å². The van der Waals surface area contributed by atoms with Gasteiger partial charge in [-0.15, -0.1) is 0 Å². The number of hydrogen-bond acceptors (Lipinski definition) is 1. The van der Waals surface area contributed by atoms with Crippen LogP contribution in [0.15, 0.2) is 158 Å². The summed E-state index contributed by atoms with van der Waals surface area (Å²) in [6.07, 6.45) is 1.15. The highest BCUT2D eigenvalue weighted by molar-refractivity contribution is 6.10. The maximum atomic E-state index is 2.48. The van der Waals surface area contributed by atoms with Gasteiger partial charge in [-0.1, -0.05) is 131 Å². The van der Waals surface area contributed by atoms with E-state index in [1.165, 1.54) is 60.5 Å². The van der Waals surface area contributed by atoms with E-state index in [0.717, 1.165) is 23.5 Å². The lowest BCUT2D eigenvalue weighted by Gasteiger charge is -2.26. The molecule has 0 saturated carbocycles. The van der Waals surface area contributed by atoms with Gasteiger partial charge >= 0.3 is 0 Å². The quantitative estimate of drug-likeness (QED) is 0.183. The highest BCUT2D eigenvalue weighted by Gasteiger charge is 2.41. The molecule has 0 spiro atoms. The summed E-state index contributed by atoms with van der Waals surface area (Å²) in [4.78, 5) is 2.40. The summed E-state index contributed by atoms with van der Waals surface area (Å²) in [6, 6.07) is 58.0. The van der Waals surface area contributed by atoms with E-state index in [-0.39, 0.29) is 10.8 Å². The predicted octanol–water partition coefficient (Wildman–Crippen LogP) is 13.0. The normalized spacial score (nSPS) is 14.8. The molecule has 9 rings (SSSR count). The topological polar surface area (TPSA) is 8.17 Å². The Morgan fingerprint density at radius 2 is 1.06 bits per heavy atom. The Balaban J connectivity index is 1.26. The molecule has 0 saturated heterocycles. The molecule has 49 heavy (non-hydrogen) atoms. The fourth-order valence-corrected chi connectivity index (χ4v) is 8.69. The van der Waals surface area contributed by atoms with Crippen LogP contribution in [0.4, 0.5) is 17.1 Å². The van der Waals surface area contributed by atoms with Gasteiger partial charge in [0.15, 0.2) is 0 Å². The molecule has 0 atom stereocenters. The van der Waals surface area contributed by atoms with Crippen molar-refractivity contribution in [3.8, 4) is 16.8 Å². The van der Waals surface area contributed by atoms with Crippen molar-refractivity contribution in [2.45, 2.75) is 44.9 Å². The summed E-state index contributed by atoms with van der Waals surface area (Å²) < 4.78 is 2.48. The smallest absolute Gasteiger partial charge is 0.0561 e. The Morgan fingerprint density at radius 3 is 1.88 bits per heavy atom. The van der Waals surface area contributed by atoms with E-state index in [1.54, 1.807) is 0 Å². The zero-order valence-electron chi connectivity index (χ0n) is 28.6. The molecule has 0 amide bonds. The molecule has 1 heterocycles. The largest absolute Gasteiger partial charge is 0.310 e. The van der Waals surface area contributed by atoms with E-state index in [1.807, 2.05) is 0 Å². The van der Waals surface area contributed by atoms with Gasteiger partial charge in [-0.05, 0) is 105 Å². The Morgan fingerprint density at radius 1 is 0.449 bits per heavy atom. The van der Waals surface area contributed by atoms with E-state index in [0.29, 0.717) is 0 Å². The molecule has 238 valence electrons. The zero-order chi connectivity index (χ0) is 33.3. The first-order valence-corrected chi connectivity index (χ1v) is 17.4. The van der Waals surface area contributed by atoms with Gasteiger partial charge in [0.05, 0.1) is 11.0 Å². The summed E-state index contributed by atoms with van der Waals surface area (Å²) in [6.45, 7) is 9.58. The lowest BCUT2D eigenvalue weighted by Crippen LogP contribution is -2.18. The molecule has 8 aromatic rings. The number of nitrogens with zero attached hydrogens (tertiary/aromatic N) is 2. The van der Waals surface area contributed by atoms with Crippen LogP contribution in [-0.2, 0) is 10.8 Å². The second-order valence-corrected chi connectivity index (χ2v) is 15.0. The molecule has 0 radical (unpaired) electrons. The van der Waals surface area contributed by atoms with Gasteiger partial charge in [0.2, 0.25) is 0 Å². The minimum Gasteiger partial charge on any atom is -0.310 e. The van der Waals surface area contributed by atoms with Gasteiger partial charge in [0.1, 0.15) is 0 Å². The molecule has 0 unspecified atom stereocenters. The summed E-state index contributed by atoms with van der Waals surface area (Å²) in [5.41, 5.74) is 12.7. The molecule has 0 fully saturated rings. The van der Waals surface area contributed by atoms with Crippen molar-refractivity contribution in [1.82, 2.24) is 4.57 Å². The van der Waals surface area contributed by atoms with Gasteiger partial charge in [0.25, 0.3) is 0 Å². The van der Waals surface area contributed by atoms with Crippen LogP contribution in [-0.4, -0.2) is 4.57 Å². The second kappa shape index (κ2) is 11.0. The van der Waals surface area contributed by atoms with E-state index in [2.05, 4.69) is 195 Å². The molecule has 0 N–H and O–H groups in total. The lowest BCUT2D eigenvalue weighted by atomic mass is 9.82. The monoisotopic (exact) mass is 632 g/mol. The molecule has 7 aromatic carbocycles. The minimum atomic E-state index is 0.123. The molecule has 1 aliphatic carbocycles. The van der Waals surface area contributed by atoms with Crippen LogP contribution in [0.3, 0.4) is 0 Å². The molecule has 0 bridgehead atoms. The highest BCUT2D eigenvalue weighted by Crippen LogP contribution is 2.50. The van der Waals surface area contributed by atoms with Gasteiger partial charge in [-0.25, -0.2) is 0 Å². The van der Waals surface area contributed by atoms with Crippen molar-refractivity contribution in [2.75, 3.05) is 4.90 Å². The van der Waals surface area contributed by atoms with Crippen LogP contribution < -0.4 is 4.90 Å². The maximum absolute atomic E-state index is 2.48. The van der Waals surface area contributed by atoms with E-state index in [4.69, 9.17) is 0 Å². The van der Waals surface area contributed by atoms with Crippen LogP contribution in [0.5, 0.6) is 0 Å². The summed E-state index contributed by atoms with van der Waals surface area (Å²) >= 11 is 0. The van der Waals surface area contributed by atoms with Gasteiger partial charge in [-0.3, -0.25) is 0 Å². The third kappa shape index (κ3) is 4.85. The highest BCUT2D eigenvalue weighted by atomic mass is 15.1. The predicted molar refractivity (Wildman–Crippen MR) is 209 cm³/mol. The van der Waals surface area contributed by atoms with Crippen molar-refractivity contribution < 1.29 is 0 Å². The summed E-state index contributed by atoms with van der Waals surface area (Å²) in [7, 11) is 0. The Hall–Kier alpha value is -5.60. The number of rotatable bonds is 5. The van der Waals surface area contributed by atoms with Gasteiger partial charge in [-0.2, -0.15) is 0 Å². The molecule has 2 heteroatoms. The molecule has 2 nitrogen and oxygen atoms in total. The van der Waals surface area contributed by atoms with Crippen LogP contribution in [0.25, 0.3) is 49.4 Å². The molecule has 1 aromatic heterocycles. The van der Waals surface area contributed by atoms with Crippen LogP contribution in [0.2, 0.25) is 0 Å². The first kappa shape index (κ1) is 29.5. The van der Waals surface area contributed by atoms with Crippen molar-refractivity contribution >= 4 is 49.6 Å². The average molecular weight is 633 g/mol. The van der Waals surface area contributed by atoms with Gasteiger partial charge in [0, 0.05) is 33.5 Å². The standard InChI is InChI=1S/C47H40N2/c1-46(2)31-47(3,4)43-29-38(25-27-42(43)46)49-44-17-11-10-16-40(44)41-26-24-39(30-45(41)49)48(37-23-20-33-14-8-9-15-35(33)28-37)36-21-18-34(19-22-36)32-12-6-5-7-13-32/h5-30H,31H2,1-4H3. The molecule has 0 aliphatic heterocycles. The fraction of sp³-hybridized carbons (Fsp3) is 0.149. The Kier molecular flexibility index (Phi) is 6.61. The number of fused-ring (bicyclic) bond motifs is 5. The minimum absolute atomic E-state index is 0.123. The van der Waals surface area contributed by atoms with Crippen LogP contribution >= 0.6 is 0 Å². The van der Waals surface area contributed by atoms with Crippen LogP contribution in [0, 0.1) is 0 Å². The number of aromatic nitrogens is 1. The van der Waals surface area contributed by atoms with Crippen molar-refractivity contribution in [2.24, 2.45) is 0 Å². The molecular formula is C47H40N2. The SMILES string of the molecule is CC1(C)CC(C)(C)c2cc(-n3c4ccccc4c4ccc(N(c5ccc(-c6ccccc6)cc5)c5ccc6ccccc6c5)cc43)ccc21.